The molecule has 152 valence electrons. The second kappa shape index (κ2) is 9.78. The Morgan fingerprint density at radius 3 is 2.45 bits per heavy atom. The fourth-order valence-electron chi connectivity index (χ4n) is 3.14. The van der Waals surface area contributed by atoms with Gasteiger partial charge in [0.15, 0.2) is 5.43 Å². The molecule has 0 bridgehead atoms. The van der Waals surface area contributed by atoms with Gasteiger partial charge in [0.2, 0.25) is 0 Å². The van der Waals surface area contributed by atoms with E-state index in [4.69, 9.17) is 14.3 Å². The van der Waals surface area contributed by atoms with E-state index in [0.29, 0.717) is 40.9 Å². The van der Waals surface area contributed by atoms with Gasteiger partial charge < -0.3 is 19.4 Å². The van der Waals surface area contributed by atoms with Crippen LogP contribution in [0.4, 0.5) is 0 Å². The first-order valence-corrected chi connectivity index (χ1v) is 9.74. The maximum Gasteiger partial charge on any atom is 0.303 e. The van der Waals surface area contributed by atoms with Gasteiger partial charge in [-0.25, -0.2) is 0 Å². The minimum absolute atomic E-state index is 0.134. The van der Waals surface area contributed by atoms with Crippen molar-refractivity contribution in [2.45, 2.75) is 38.5 Å². The third-order valence-corrected chi connectivity index (χ3v) is 4.73. The fourth-order valence-corrected chi connectivity index (χ4v) is 3.14. The van der Waals surface area contributed by atoms with E-state index in [0.717, 1.165) is 25.7 Å². The number of ether oxygens (including phenoxy) is 1. The summed E-state index contributed by atoms with van der Waals surface area (Å²) in [5.41, 5.74) is 1.45. The van der Waals surface area contributed by atoms with Gasteiger partial charge in [0, 0.05) is 12.5 Å². The predicted molar refractivity (Wildman–Crippen MR) is 110 cm³/mol. The van der Waals surface area contributed by atoms with Gasteiger partial charge in [0.05, 0.1) is 17.6 Å². The number of fused-ring (bicyclic) bond motifs is 1. The summed E-state index contributed by atoms with van der Waals surface area (Å²) in [5, 5.41) is 18.5. The number of hydrogen-bond donors (Lipinski definition) is 2. The number of phenolic OH excluding ortho intramolecular Hbond substituents is 1. The van der Waals surface area contributed by atoms with E-state index in [9.17, 15) is 14.7 Å². The Labute approximate surface area is 168 Å². The zero-order chi connectivity index (χ0) is 20.6. The molecule has 0 amide bonds. The summed E-state index contributed by atoms with van der Waals surface area (Å²) < 4.78 is 11.4. The molecule has 0 radical (unpaired) electrons. The van der Waals surface area contributed by atoms with Gasteiger partial charge >= 0.3 is 5.97 Å². The number of aliphatic carboxylic acids is 1. The fraction of sp³-hybridized carbons (Fsp3) is 0.304. The molecule has 0 unspecified atom stereocenters. The summed E-state index contributed by atoms with van der Waals surface area (Å²) in [4.78, 5) is 23.2. The van der Waals surface area contributed by atoms with Crippen LogP contribution in [0.5, 0.6) is 11.5 Å². The molecule has 0 saturated carbocycles. The largest absolute Gasteiger partial charge is 0.508 e. The Morgan fingerprint density at radius 2 is 1.69 bits per heavy atom. The average Bonchev–Trinajstić information content (AvgIpc) is 2.71. The van der Waals surface area contributed by atoms with E-state index in [2.05, 4.69) is 0 Å². The lowest BCUT2D eigenvalue weighted by Gasteiger charge is -2.08. The quantitative estimate of drug-likeness (QED) is 0.470. The first kappa shape index (κ1) is 20.5. The molecular weight excluding hydrogens is 372 g/mol. The lowest BCUT2D eigenvalue weighted by Crippen LogP contribution is -2.05. The molecule has 1 aromatic heterocycles. The number of carboxylic acid groups (broad SMARTS) is 1. The molecule has 0 fully saturated rings. The second-order valence-corrected chi connectivity index (χ2v) is 6.94. The molecule has 0 saturated heterocycles. The van der Waals surface area contributed by atoms with Crippen LogP contribution in [-0.2, 0) is 4.79 Å². The molecule has 0 aliphatic carbocycles. The minimum atomic E-state index is -0.744. The Morgan fingerprint density at radius 1 is 0.966 bits per heavy atom. The Balaban J connectivity index is 1.57. The van der Waals surface area contributed by atoms with E-state index in [1.807, 2.05) is 0 Å². The average molecular weight is 396 g/mol. The second-order valence-electron chi connectivity index (χ2n) is 6.94. The highest BCUT2D eigenvalue weighted by Crippen LogP contribution is 2.24. The number of phenols is 1. The topological polar surface area (TPSA) is 97.0 Å². The highest BCUT2D eigenvalue weighted by atomic mass is 16.5. The van der Waals surface area contributed by atoms with Crippen LogP contribution in [0.1, 0.15) is 38.5 Å². The van der Waals surface area contributed by atoms with Crippen LogP contribution in [0.2, 0.25) is 0 Å². The van der Waals surface area contributed by atoms with Crippen molar-refractivity contribution in [1.82, 2.24) is 0 Å². The van der Waals surface area contributed by atoms with Crippen molar-refractivity contribution in [2.75, 3.05) is 6.61 Å². The van der Waals surface area contributed by atoms with Crippen molar-refractivity contribution < 1.29 is 24.2 Å². The van der Waals surface area contributed by atoms with Crippen molar-refractivity contribution in [3.8, 4) is 22.6 Å². The van der Waals surface area contributed by atoms with Crippen LogP contribution < -0.4 is 10.2 Å². The molecule has 6 heteroatoms. The smallest absolute Gasteiger partial charge is 0.303 e. The molecule has 1 heterocycles. The lowest BCUT2D eigenvalue weighted by atomic mass is 10.1. The lowest BCUT2D eigenvalue weighted by molar-refractivity contribution is -0.137. The highest BCUT2D eigenvalue weighted by molar-refractivity contribution is 5.82. The molecule has 6 nitrogen and oxygen atoms in total. The molecule has 2 N–H and O–H groups in total. The molecule has 0 aliphatic heterocycles. The van der Waals surface area contributed by atoms with E-state index in [1.54, 1.807) is 30.3 Å². The molecule has 0 aliphatic rings. The Kier molecular flexibility index (Phi) is 6.89. The standard InChI is InChI=1S/C23H24O6/c24-17-9-7-16(8-10-17)20-15-29-21-14-18(11-12-19(21)23(20)27)28-13-5-3-1-2-4-6-22(25)26/h7-12,14-15,24H,1-6,13H2,(H,25,26). The molecule has 3 aromatic rings. The third-order valence-electron chi connectivity index (χ3n) is 4.73. The summed E-state index contributed by atoms with van der Waals surface area (Å²) in [6, 6.07) is 11.6. The van der Waals surface area contributed by atoms with E-state index in [1.165, 1.54) is 18.4 Å². The van der Waals surface area contributed by atoms with Gasteiger partial charge in [0.1, 0.15) is 23.3 Å². The number of carbonyl (C=O) groups is 1. The van der Waals surface area contributed by atoms with Crippen LogP contribution in [-0.4, -0.2) is 22.8 Å². The predicted octanol–water partition coefficient (Wildman–Crippen LogP) is 4.97. The Hall–Kier alpha value is -3.28. The zero-order valence-electron chi connectivity index (χ0n) is 16.1. The van der Waals surface area contributed by atoms with Crippen molar-refractivity contribution in [3.63, 3.8) is 0 Å². The van der Waals surface area contributed by atoms with Crippen molar-refractivity contribution in [3.05, 3.63) is 59.0 Å². The van der Waals surface area contributed by atoms with Crippen molar-refractivity contribution in [2.24, 2.45) is 0 Å². The van der Waals surface area contributed by atoms with E-state index < -0.39 is 5.97 Å². The first-order chi connectivity index (χ1) is 14.0. The van der Waals surface area contributed by atoms with Gasteiger partial charge in [-0.3, -0.25) is 9.59 Å². The maximum atomic E-state index is 12.8. The van der Waals surface area contributed by atoms with Crippen molar-refractivity contribution >= 4 is 16.9 Å². The SMILES string of the molecule is O=C(O)CCCCCCCOc1ccc2c(=O)c(-c3ccc(O)cc3)coc2c1. The molecule has 0 atom stereocenters. The number of benzene rings is 2. The van der Waals surface area contributed by atoms with Crippen LogP contribution in [0.25, 0.3) is 22.1 Å². The molecule has 3 rings (SSSR count). The number of carboxylic acids is 1. The van der Waals surface area contributed by atoms with Gasteiger partial charge in [0.25, 0.3) is 0 Å². The summed E-state index contributed by atoms with van der Waals surface area (Å²) in [6.07, 6.45) is 6.14. The highest BCUT2D eigenvalue weighted by Gasteiger charge is 2.10. The molecule has 2 aromatic carbocycles. The van der Waals surface area contributed by atoms with Crippen LogP contribution in [0.3, 0.4) is 0 Å². The number of hydrogen-bond acceptors (Lipinski definition) is 5. The van der Waals surface area contributed by atoms with Crippen LogP contribution in [0, 0.1) is 0 Å². The molecule has 0 spiro atoms. The minimum Gasteiger partial charge on any atom is -0.508 e. The molecule has 29 heavy (non-hydrogen) atoms. The van der Waals surface area contributed by atoms with Gasteiger partial charge in [-0.05, 0) is 42.7 Å². The first-order valence-electron chi connectivity index (χ1n) is 9.74. The zero-order valence-corrected chi connectivity index (χ0v) is 16.1. The summed E-state index contributed by atoms with van der Waals surface area (Å²) >= 11 is 0. The van der Waals surface area contributed by atoms with E-state index >= 15 is 0 Å². The normalized spacial score (nSPS) is 10.9. The third kappa shape index (κ3) is 5.60. The van der Waals surface area contributed by atoms with Crippen LogP contribution in [0.15, 0.2) is 57.9 Å². The summed E-state index contributed by atoms with van der Waals surface area (Å²) in [7, 11) is 0. The van der Waals surface area contributed by atoms with Gasteiger partial charge in [-0.15, -0.1) is 0 Å². The monoisotopic (exact) mass is 396 g/mol. The van der Waals surface area contributed by atoms with Crippen LogP contribution >= 0.6 is 0 Å². The number of aromatic hydroxyl groups is 1. The van der Waals surface area contributed by atoms with Crippen molar-refractivity contribution in [1.29, 1.82) is 0 Å². The number of rotatable bonds is 10. The van der Waals surface area contributed by atoms with E-state index in [-0.39, 0.29) is 17.6 Å². The maximum absolute atomic E-state index is 12.8. The summed E-state index contributed by atoms with van der Waals surface area (Å²) in [6.45, 7) is 0.556. The van der Waals surface area contributed by atoms with Gasteiger partial charge in [-0.1, -0.05) is 31.4 Å². The van der Waals surface area contributed by atoms with Gasteiger partial charge in [-0.2, -0.15) is 0 Å². The summed E-state index contributed by atoms with van der Waals surface area (Å²) in [5.74, 6) is 0.0383. The Bertz CT molecular complexity index is 1020. The molecular formula is C23H24O6. The number of unbranched alkanes of at least 4 members (excludes halogenated alkanes) is 4.